The van der Waals surface area contributed by atoms with Gasteiger partial charge in [0.25, 0.3) is 10.0 Å². The van der Waals surface area contributed by atoms with Crippen molar-refractivity contribution >= 4 is 37.3 Å². The summed E-state index contributed by atoms with van der Waals surface area (Å²) in [6.07, 6.45) is 3.17. The van der Waals surface area contributed by atoms with E-state index < -0.39 is 10.0 Å². The predicted octanol–water partition coefficient (Wildman–Crippen LogP) is 2.29. The molecule has 16 heavy (non-hydrogen) atoms. The summed E-state index contributed by atoms with van der Waals surface area (Å²) in [5.74, 6) is 0. The molecule has 0 amide bonds. The fraction of sp³-hybridized carbons (Fsp3) is 0.667. The molecule has 0 bridgehead atoms. The molecule has 0 saturated heterocycles. The molecule has 1 heterocycles. The zero-order valence-corrected chi connectivity index (χ0v) is 12.5. The van der Waals surface area contributed by atoms with E-state index in [4.69, 9.17) is 0 Å². The number of aryl methyl sites for hydroxylation is 1. The van der Waals surface area contributed by atoms with E-state index in [9.17, 15) is 8.42 Å². The van der Waals surface area contributed by atoms with Crippen LogP contribution in [0, 0.1) is 6.92 Å². The van der Waals surface area contributed by atoms with Crippen LogP contribution in [-0.4, -0.2) is 24.8 Å². The minimum absolute atomic E-state index is 0.289. The third-order valence-electron chi connectivity index (χ3n) is 1.94. The number of alkyl halides is 1. The van der Waals surface area contributed by atoms with Gasteiger partial charge in [-0.05, 0) is 19.8 Å². The predicted molar refractivity (Wildman–Crippen MR) is 69.7 cm³/mol. The Morgan fingerprint density at radius 1 is 1.62 bits per heavy atom. The van der Waals surface area contributed by atoms with Gasteiger partial charge in [-0.3, -0.25) is 0 Å². The van der Waals surface area contributed by atoms with E-state index in [0.29, 0.717) is 11.4 Å². The van der Waals surface area contributed by atoms with Crippen molar-refractivity contribution in [2.75, 3.05) is 6.54 Å². The van der Waals surface area contributed by atoms with Crippen molar-refractivity contribution in [1.29, 1.82) is 0 Å². The van der Waals surface area contributed by atoms with Crippen LogP contribution in [0.15, 0.2) is 10.4 Å². The second-order valence-corrected chi connectivity index (χ2v) is 8.31. The highest BCUT2D eigenvalue weighted by molar-refractivity contribution is 9.09. The van der Waals surface area contributed by atoms with E-state index in [1.807, 2.05) is 6.92 Å². The van der Waals surface area contributed by atoms with E-state index in [0.717, 1.165) is 17.8 Å². The number of aromatic nitrogens is 1. The van der Waals surface area contributed by atoms with Gasteiger partial charge in [0.1, 0.15) is 0 Å². The second-order valence-electron chi connectivity index (χ2n) is 3.52. The first-order chi connectivity index (χ1) is 7.42. The Balaban J connectivity index is 2.47. The fourth-order valence-corrected chi connectivity index (χ4v) is 3.68. The van der Waals surface area contributed by atoms with Gasteiger partial charge in [0.2, 0.25) is 0 Å². The van der Waals surface area contributed by atoms with Crippen LogP contribution in [0.4, 0.5) is 0 Å². The highest BCUT2D eigenvalue weighted by atomic mass is 79.9. The van der Waals surface area contributed by atoms with Crippen molar-refractivity contribution < 1.29 is 8.42 Å². The summed E-state index contributed by atoms with van der Waals surface area (Å²) >= 11 is 4.61. The quantitative estimate of drug-likeness (QED) is 0.644. The molecular formula is C9H15BrN2O2S2. The molecule has 0 aliphatic rings. The van der Waals surface area contributed by atoms with Crippen LogP contribution in [0.2, 0.25) is 0 Å². The van der Waals surface area contributed by atoms with Gasteiger partial charge in [0.05, 0.1) is 11.2 Å². The van der Waals surface area contributed by atoms with Gasteiger partial charge in [-0.1, -0.05) is 22.9 Å². The van der Waals surface area contributed by atoms with Crippen molar-refractivity contribution in [2.24, 2.45) is 0 Å². The lowest BCUT2D eigenvalue weighted by molar-refractivity contribution is 0.578. The van der Waals surface area contributed by atoms with Gasteiger partial charge in [-0.2, -0.15) is 0 Å². The molecule has 4 nitrogen and oxygen atoms in total. The van der Waals surface area contributed by atoms with Crippen LogP contribution in [-0.2, 0) is 10.0 Å². The summed E-state index contributed by atoms with van der Waals surface area (Å²) in [7, 11) is -3.35. The van der Waals surface area contributed by atoms with Crippen molar-refractivity contribution in [3.05, 3.63) is 11.2 Å². The van der Waals surface area contributed by atoms with Crippen molar-refractivity contribution in [3.63, 3.8) is 0 Å². The molecule has 0 aromatic carbocycles. The first-order valence-corrected chi connectivity index (χ1v) is 8.19. The van der Waals surface area contributed by atoms with Crippen LogP contribution >= 0.6 is 27.3 Å². The molecule has 7 heteroatoms. The second kappa shape index (κ2) is 6.09. The molecule has 0 aliphatic heterocycles. The summed E-state index contributed by atoms with van der Waals surface area (Å²) in [4.78, 5) is 4.35. The third kappa shape index (κ3) is 4.48. The molecule has 1 aromatic heterocycles. The average Bonchev–Trinajstić information content (AvgIpc) is 2.60. The largest absolute Gasteiger partial charge is 0.251 e. The number of nitrogens with zero attached hydrogens (tertiary/aromatic N) is 1. The maximum atomic E-state index is 11.7. The normalized spacial score (nSPS) is 13.9. The van der Waals surface area contributed by atoms with E-state index in [1.54, 1.807) is 6.92 Å². The Kier molecular flexibility index (Phi) is 5.36. The monoisotopic (exact) mass is 326 g/mol. The lowest BCUT2D eigenvalue weighted by atomic mass is 10.2. The molecular weight excluding hydrogens is 312 g/mol. The summed E-state index contributed by atoms with van der Waals surface area (Å²) < 4.78 is 26.3. The summed E-state index contributed by atoms with van der Waals surface area (Å²) in [6.45, 7) is 4.30. The molecule has 1 rings (SSSR count). The van der Waals surface area contributed by atoms with E-state index >= 15 is 0 Å². The molecule has 0 radical (unpaired) electrons. The first-order valence-electron chi connectivity index (χ1n) is 4.98. The van der Waals surface area contributed by atoms with Crippen LogP contribution in [0.5, 0.6) is 0 Å². The van der Waals surface area contributed by atoms with Gasteiger partial charge in [0.15, 0.2) is 4.21 Å². The summed E-state index contributed by atoms with van der Waals surface area (Å²) in [5.41, 5.74) is 0. The lowest BCUT2D eigenvalue weighted by Crippen LogP contribution is -2.24. The number of nitrogens with one attached hydrogen (secondary N) is 1. The number of sulfonamides is 1. The third-order valence-corrected chi connectivity index (χ3v) is 5.23. The van der Waals surface area contributed by atoms with Crippen molar-refractivity contribution in [2.45, 2.75) is 35.7 Å². The molecule has 1 atom stereocenters. The minimum atomic E-state index is -3.35. The minimum Gasteiger partial charge on any atom is -0.249 e. The van der Waals surface area contributed by atoms with E-state index in [1.165, 1.54) is 17.5 Å². The molecule has 1 unspecified atom stereocenters. The zero-order valence-electron chi connectivity index (χ0n) is 9.23. The molecule has 0 saturated carbocycles. The van der Waals surface area contributed by atoms with Crippen molar-refractivity contribution in [3.8, 4) is 0 Å². The fourth-order valence-electron chi connectivity index (χ4n) is 1.13. The van der Waals surface area contributed by atoms with Gasteiger partial charge >= 0.3 is 0 Å². The molecule has 0 aliphatic carbocycles. The number of hydrogen-bond donors (Lipinski definition) is 1. The average molecular weight is 327 g/mol. The lowest BCUT2D eigenvalue weighted by Gasteiger charge is -2.05. The molecule has 92 valence electrons. The summed E-state index contributed by atoms with van der Waals surface area (Å²) in [5, 5.41) is 0.759. The van der Waals surface area contributed by atoms with Gasteiger partial charge in [-0.15, -0.1) is 11.3 Å². The zero-order chi connectivity index (χ0) is 12.2. The van der Waals surface area contributed by atoms with Crippen LogP contribution < -0.4 is 4.72 Å². The SMILES string of the molecule is Cc1ncc(S(=O)(=O)NCCCC(C)Br)s1. The first kappa shape index (κ1) is 14.1. The smallest absolute Gasteiger partial charge is 0.249 e. The topological polar surface area (TPSA) is 59.1 Å². The maximum absolute atomic E-state index is 11.7. The highest BCUT2D eigenvalue weighted by Gasteiger charge is 2.16. The van der Waals surface area contributed by atoms with Crippen LogP contribution in [0.1, 0.15) is 24.8 Å². The van der Waals surface area contributed by atoms with E-state index in [2.05, 4.69) is 25.6 Å². The Bertz CT molecular complexity index is 428. The molecule has 1 aromatic rings. The molecule has 1 N–H and O–H groups in total. The number of hydrogen-bond acceptors (Lipinski definition) is 4. The van der Waals surface area contributed by atoms with Gasteiger partial charge < -0.3 is 0 Å². The molecule has 0 fully saturated rings. The summed E-state index contributed by atoms with van der Waals surface area (Å²) in [6, 6.07) is 0. The Morgan fingerprint density at radius 3 is 2.81 bits per heavy atom. The van der Waals surface area contributed by atoms with Gasteiger partial charge in [0, 0.05) is 11.4 Å². The van der Waals surface area contributed by atoms with E-state index in [-0.39, 0.29) is 4.21 Å². The van der Waals surface area contributed by atoms with Crippen LogP contribution in [0.25, 0.3) is 0 Å². The Morgan fingerprint density at radius 2 is 2.31 bits per heavy atom. The number of rotatable bonds is 6. The van der Waals surface area contributed by atoms with Gasteiger partial charge in [-0.25, -0.2) is 18.1 Å². The number of thiazole rings is 1. The van der Waals surface area contributed by atoms with Crippen molar-refractivity contribution in [1.82, 2.24) is 9.71 Å². The Hall–Kier alpha value is 0.0200. The standard InChI is InChI=1S/C9H15BrN2O2S2/c1-7(10)4-3-5-12-16(13,14)9-6-11-8(2)15-9/h6-7,12H,3-5H2,1-2H3. The number of halogens is 1. The highest BCUT2D eigenvalue weighted by Crippen LogP contribution is 2.17. The van der Waals surface area contributed by atoms with Crippen LogP contribution in [0.3, 0.4) is 0 Å². The molecule has 0 spiro atoms. The maximum Gasteiger partial charge on any atom is 0.251 e. The Labute approximate surface area is 109 Å².